The summed E-state index contributed by atoms with van der Waals surface area (Å²) in [5.41, 5.74) is 8.47. The van der Waals surface area contributed by atoms with Crippen molar-refractivity contribution in [3.8, 4) is 6.07 Å². The molecular formula is C14H20N2. The molecule has 2 unspecified atom stereocenters. The number of hydrogen-bond acceptors (Lipinski definition) is 2. The number of benzene rings is 1. The van der Waals surface area contributed by atoms with Gasteiger partial charge in [0.15, 0.2) is 0 Å². The Bertz CT molecular complexity index is 359. The average molecular weight is 216 g/mol. The summed E-state index contributed by atoms with van der Waals surface area (Å²) in [5.74, 6) is 0.165. The minimum absolute atomic E-state index is 0.118. The first-order chi connectivity index (χ1) is 7.60. The summed E-state index contributed by atoms with van der Waals surface area (Å²) >= 11 is 0. The second kappa shape index (κ2) is 5.67. The van der Waals surface area contributed by atoms with E-state index >= 15 is 0 Å². The minimum atomic E-state index is -0.184. The van der Waals surface area contributed by atoms with Crippen LogP contribution >= 0.6 is 0 Å². The van der Waals surface area contributed by atoms with Gasteiger partial charge in [0.2, 0.25) is 0 Å². The Labute approximate surface area is 98.1 Å². The highest BCUT2D eigenvalue weighted by atomic mass is 14.7. The maximum absolute atomic E-state index is 9.10. The Hall–Kier alpha value is -1.33. The van der Waals surface area contributed by atoms with Gasteiger partial charge >= 0.3 is 0 Å². The van der Waals surface area contributed by atoms with Crippen molar-refractivity contribution in [3.63, 3.8) is 0 Å². The van der Waals surface area contributed by atoms with Crippen molar-refractivity contribution in [1.82, 2.24) is 0 Å². The van der Waals surface area contributed by atoms with Crippen LogP contribution < -0.4 is 5.73 Å². The third-order valence-corrected chi connectivity index (χ3v) is 3.03. The number of nitrogens with zero attached hydrogens (tertiary/aromatic N) is 1. The molecule has 0 aromatic heterocycles. The molecule has 0 radical (unpaired) electrons. The van der Waals surface area contributed by atoms with Crippen molar-refractivity contribution < 1.29 is 0 Å². The van der Waals surface area contributed by atoms with Crippen LogP contribution in [0.1, 0.15) is 37.9 Å². The lowest BCUT2D eigenvalue weighted by Gasteiger charge is -2.21. The van der Waals surface area contributed by atoms with Gasteiger partial charge in [-0.3, -0.25) is 0 Å². The summed E-state index contributed by atoms with van der Waals surface area (Å²) in [6.45, 7) is 6.20. The number of aryl methyl sites for hydroxylation is 1. The third kappa shape index (κ3) is 2.84. The van der Waals surface area contributed by atoms with Gasteiger partial charge in [-0.25, -0.2) is 0 Å². The van der Waals surface area contributed by atoms with Gasteiger partial charge in [-0.1, -0.05) is 45.0 Å². The highest BCUT2D eigenvalue weighted by Crippen LogP contribution is 2.25. The van der Waals surface area contributed by atoms with Crippen molar-refractivity contribution in [1.29, 1.82) is 5.26 Å². The number of rotatable bonds is 4. The number of nitrogens with two attached hydrogens (primary N) is 1. The molecule has 0 bridgehead atoms. The molecule has 2 N–H and O–H groups in total. The lowest BCUT2D eigenvalue weighted by atomic mass is 9.86. The van der Waals surface area contributed by atoms with Gasteiger partial charge in [0, 0.05) is 6.04 Å². The highest BCUT2D eigenvalue weighted by molar-refractivity contribution is 5.26. The van der Waals surface area contributed by atoms with Crippen LogP contribution in [0.15, 0.2) is 24.3 Å². The minimum Gasteiger partial charge on any atom is -0.323 e. The number of hydrogen-bond donors (Lipinski definition) is 1. The molecule has 0 saturated heterocycles. The summed E-state index contributed by atoms with van der Waals surface area (Å²) in [4.78, 5) is 0. The summed E-state index contributed by atoms with van der Waals surface area (Å²) in [6.07, 6.45) is 1.03. The topological polar surface area (TPSA) is 49.8 Å². The second-order valence-electron chi connectivity index (χ2n) is 4.52. The third-order valence-electron chi connectivity index (χ3n) is 3.03. The largest absolute Gasteiger partial charge is 0.323 e. The van der Waals surface area contributed by atoms with E-state index in [1.807, 2.05) is 26.0 Å². The lowest BCUT2D eigenvalue weighted by Crippen LogP contribution is -2.24. The molecule has 0 spiro atoms. The molecule has 0 aliphatic rings. The molecule has 1 aromatic carbocycles. The van der Waals surface area contributed by atoms with E-state index in [1.165, 1.54) is 5.56 Å². The van der Waals surface area contributed by atoms with E-state index in [2.05, 4.69) is 25.1 Å². The van der Waals surface area contributed by atoms with E-state index in [1.54, 1.807) is 0 Å². The molecule has 0 amide bonds. The summed E-state index contributed by atoms with van der Waals surface area (Å²) < 4.78 is 0. The molecule has 2 nitrogen and oxygen atoms in total. The molecule has 0 saturated carbocycles. The molecule has 0 heterocycles. The molecule has 16 heavy (non-hydrogen) atoms. The van der Waals surface area contributed by atoms with Crippen molar-refractivity contribution >= 4 is 0 Å². The Kier molecular flexibility index (Phi) is 4.52. The zero-order valence-electron chi connectivity index (χ0n) is 10.3. The van der Waals surface area contributed by atoms with Crippen LogP contribution in [0.5, 0.6) is 0 Å². The number of nitriles is 1. The monoisotopic (exact) mass is 216 g/mol. The second-order valence-corrected chi connectivity index (χ2v) is 4.52. The quantitative estimate of drug-likeness (QED) is 0.841. The molecular weight excluding hydrogens is 196 g/mol. The van der Waals surface area contributed by atoms with Crippen molar-refractivity contribution in [2.75, 3.05) is 0 Å². The smallest absolute Gasteiger partial charge is 0.0679 e. The predicted octanol–water partition coefficient (Wildman–Crippen LogP) is 3.04. The van der Waals surface area contributed by atoms with Crippen LogP contribution in [0.2, 0.25) is 0 Å². The van der Waals surface area contributed by atoms with Crippen molar-refractivity contribution in [3.05, 3.63) is 35.4 Å². The molecule has 1 rings (SSSR count). The highest BCUT2D eigenvalue weighted by Gasteiger charge is 2.22. The average Bonchev–Trinajstić information content (AvgIpc) is 2.29. The van der Waals surface area contributed by atoms with E-state index in [0.717, 1.165) is 12.0 Å². The van der Waals surface area contributed by atoms with Crippen molar-refractivity contribution in [2.24, 2.45) is 17.6 Å². The van der Waals surface area contributed by atoms with Gasteiger partial charge in [-0.05, 0) is 23.5 Å². The fourth-order valence-electron chi connectivity index (χ4n) is 1.83. The molecule has 0 fully saturated rings. The van der Waals surface area contributed by atoms with Gasteiger partial charge in [0.1, 0.15) is 0 Å². The van der Waals surface area contributed by atoms with Crippen molar-refractivity contribution in [2.45, 2.75) is 33.2 Å². The van der Waals surface area contributed by atoms with Gasteiger partial charge in [0.05, 0.1) is 12.0 Å². The van der Waals surface area contributed by atoms with E-state index in [-0.39, 0.29) is 17.9 Å². The molecule has 0 aliphatic heterocycles. The zero-order valence-corrected chi connectivity index (χ0v) is 10.3. The van der Waals surface area contributed by atoms with Crippen LogP contribution in [0.25, 0.3) is 0 Å². The van der Waals surface area contributed by atoms with E-state index in [0.29, 0.717) is 0 Å². The fourth-order valence-corrected chi connectivity index (χ4v) is 1.83. The maximum atomic E-state index is 9.10. The van der Waals surface area contributed by atoms with Crippen LogP contribution in [0, 0.1) is 23.2 Å². The summed E-state index contributed by atoms with van der Waals surface area (Å²) in [6, 6.07) is 10.4. The zero-order chi connectivity index (χ0) is 12.1. The van der Waals surface area contributed by atoms with Crippen LogP contribution in [0.3, 0.4) is 0 Å². The Balaban J connectivity index is 2.87. The van der Waals surface area contributed by atoms with E-state index in [9.17, 15) is 0 Å². The van der Waals surface area contributed by atoms with E-state index in [4.69, 9.17) is 11.0 Å². The first-order valence-electron chi connectivity index (χ1n) is 5.84. The fraction of sp³-hybridized carbons (Fsp3) is 0.500. The molecule has 0 aliphatic carbocycles. The molecule has 86 valence electrons. The molecule has 1 aromatic rings. The van der Waals surface area contributed by atoms with Crippen LogP contribution in [-0.2, 0) is 6.42 Å². The van der Waals surface area contributed by atoms with Gasteiger partial charge in [-0.2, -0.15) is 5.26 Å². The molecule has 2 atom stereocenters. The first kappa shape index (κ1) is 12.7. The SMILES string of the molecule is CCc1ccc(C(N)C(C#N)C(C)C)cc1. The van der Waals surface area contributed by atoms with E-state index < -0.39 is 0 Å². The van der Waals surface area contributed by atoms with Gasteiger partial charge in [-0.15, -0.1) is 0 Å². The first-order valence-corrected chi connectivity index (χ1v) is 5.84. The maximum Gasteiger partial charge on any atom is 0.0679 e. The normalized spacial score (nSPS) is 14.5. The van der Waals surface area contributed by atoms with Gasteiger partial charge < -0.3 is 5.73 Å². The lowest BCUT2D eigenvalue weighted by molar-refractivity contribution is 0.403. The summed E-state index contributed by atoms with van der Waals surface area (Å²) in [5, 5.41) is 9.10. The molecule has 2 heteroatoms. The van der Waals surface area contributed by atoms with Gasteiger partial charge in [0.25, 0.3) is 0 Å². The summed E-state index contributed by atoms with van der Waals surface area (Å²) in [7, 11) is 0. The van der Waals surface area contributed by atoms with Crippen LogP contribution in [-0.4, -0.2) is 0 Å². The Morgan fingerprint density at radius 3 is 2.19 bits per heavy atom. The van der Waals surface area contributed by atoms with Crippen LogP contribution in [0.4, 0.5) is 0 Å². The predicted molar refractivity (Wildman–Crippen MR) is 66.7 cm³/mol. The Morgan fingerprint density at radius 2 is 1.81 bits per heavy atom. The standard InChI is InChI=1S/C14H20N2/c1-4-11-5-7-12(8-6-11)14(16)13(9-15)10(2)3/h5-8,10,13-14H,4,16H2,1-3H3. The Morgan fingerprint density at radius 1 is 1.25 bits per heavy atom.